The number of aryl methyl sites for hydroxylation is 1. The van der Waals surface area contributed by atoms with E-state index in [1.54, 1.807) is 0 Å². The van der Waals surface area contributed by atoms with E-state index in [9.17, 15) is 46.4 Å². The highest BCUT2D eigenvalue weighted by Gasteiger charge is 2.48. The number of alkyl halides is 3. The Balaban J connectivity index is 2.58. The number of hydrogen-bond acceptors (Lipinski definition) is 7. The molecule has 0 aliphatic carbocycles. The lowest BCUT2D eigenvalue weighted by atomic mass is 9.84. The van der Waals surface area contributed by atoms with Crippen molar-refractivity contribution in [2.45, 2.75) is 37.8 Å². The van der Waals surface area contributed by atoms with Gasteiger partial charge in [-0.25, -0.2) is 8.42 Å². The number of carbonyl (C=O) groups excluding carboxylic acids is 2. The number of phenolic OH excluding ortho intramolecular Hbond substituents is 1. The molecule has 2 rings (SSSR count). The molecule has 13 heteroatoms. The maximum absolute atomic E-state index is 13.1. The fraction of sp³-hybridized carbons (Fsp3) is 0.300. The third-order valence-electron chi connectivity index (χ3n) is 4.66. The van der Waals surface area contributed by atoms with Crippen molar-refractivity contribution in [1.82, 2.24) is 0 Å². The molecule has 178 valence electrons. The van der Waals surface area contributed by atoms with E-state index in [2.05, 4.69) is 0 Å². The van der Waals surface area contributed by atoms with Crippen LogP contribution in [0, 0.1) is 23.0 Å². The molecule has 0 heterocycles. The van der Waals surface area contributed by atoms with Gasteiger partial charge in [0.05, 0.1) is 9.82 Å². The zero-order chi connectivity index (χ0) is 25.3. The number of anilines is 1. The number of ketones is 2. The van der Waals surface area contributed by atoms with Crippen molar-refractivity contribution in [1.29, 1.82) is 0 Å². The second kappa shape index (κ2) is 9.17. The molecule has 9 nitrogen and oxygen atoms in total. The number of hydrogen-bond donors (Lipinski definition) is 2. The van der Waals surface area contributed by atoms with E-state index >= 15 is 0 Å². The summed E-state index contributed by atoms with van der Waals surface area (Å²) in [5.41, 5.74) is -1.46. The molecular weight excluding hydrogens is 469 g/mol. The fourth-order valence-corrected chi connectivity index (χ4v) is 4.29. The second-order valence-electron chi connectivity index (χ2n) is 7.44. The van der Waals surface area contributed by atoms with Gasteiger partial charge in [-0.3, -0.25) is 24.4 Å². The molecule has 0 radical (unpaired) electrons. The minimum Gasteiger partial charge on any atom is -0.508 e. The van der Waals surface area contributed by atoms with Crippen molar-refractivity contribution in [2.24, 2.45) is 5.92 Å². The van der Waals surface area contributed by atoms with Gasteiger partial charge in [-0.2, -0.15) is 13.2 Å². The Morgan fingerprint density at radius 1 is 1.12 bits per heavy atom. The van der Waals surface area contributed by atoms with Gasteiger partial charge >= 0.3 is 6.18 Å². The van der Waals surface area contributed by atoms with Crippen LogP contribution in [0.25, 0.3) is 0 Å². The number of nitrogens with one attached hydrogen (secondary N) is 1. The summed E-state index contributed by atoms with van der Waals surface area (Å²) in [4.78, 5) is 34.1. The first kappa shape index (κ1) is 25.8. The number of nitro groups is 1. The number of Topliss-reactive ketones (excluding diaryl/α,β-unsaturated/α-hetero) is 2. The fourth-order valence-electron chi connectivity index (χ4n) is 2.97. The number of nitrogens with zero attached hydrogens (tertiary/aromatic N) is 1. The lowest BCUT2D eigenvalue weighted by Gasteiger charge is -2.20. The van der Waals surface area contributed by atoms with Crippen LogP contribution in [0.15, 0.2) is 41.3 Å². The number of carbonyl (C=O) groups is 2. The quantitative estimate of drug-likeness (QED) is 0.249. The van der Waals surface area contributed by atoms with E-state index in [1.165, 1.54) is 26.8 Å². The summed E-state index contributed by atoms with van der Waals surface area (Å²) in [5, 5.41) is 21.1. The molecule has 33 heavy (non-hydrogen) atoms. The van der Waals surface area contributed by atoms with Crippen molar-refractivity contribution in [2.75, 3.05) is 4.72 Å². The van der Waals surface area contributed by atoms with Crippen molar-refractivity contribution in [3.05, 3.63) is 57.6 Å². The van der Waals surface area contributed by atoms with E-state index in [0.29, 0.717) is 0 Å². The van der Waals surface area contributed by atoms with Crippen molar-refractivity contribution in [3.8, 4) is 5.75 Å². The van der Waals surface area contributed by atoms with Gasteiger partial charge in [0.1, 0.15) is 11.7 Å². The molecule has 0 aromatic heterocycles. The number of non-ortho nitro benzene ring substituents is 1. The molecule has 2 N–H and O–H groups in total. The van der Waals surface area contributed by atoms with Crippen LogP contribution in [0.2, 0.25) is 0 Å². The number of nitro benzene ring substituents is 1. The van der Waals surface area contributed by atoms with Crippen molar-refractivity contribution >= 4 is 33.0 Å². The summed E-state index contributed by atoms with van der Waals surface area (Å²) in [5.74, 6) is -7.77. The summed E-state index contributed by atoms with van der Waals surface area (Å²) in [6.07, 6.45) is -5.39. The molecular formula is C20H19F3N2O7S. The van der Waals surface area contributed by atoms with Gasteiger partial charge in [-0.05, 0) is 30.7 Å². The minimum atomic E-state index is -5.39. The molecule has 0 unspecified atom stereocenters. The number of sulfonamides is 1. The first-order valence-electron chi connectivity index (χ1n) is 9.31. The molecule has 0 saturated carbocycles. The average Bonchev–Trinajstić information content (AvgIpc) is 2.69. The van der Waals surface area contributed by atoms with E-state index in [4.69, 9.17) is 0 Å². The van der Waals surface area contributed by atoms with Crippen LogP contribution in [0.5, 0.6) is 5.75 Å². The number of halogens is 3. The van der Waals surface area contributed by atoms with E-state index < -0.39 is 66.4 Å². The SMILES string of the molecule is Cc1ccc([N+](=O)[O-])cc1S(=O)(=O)Nc1ccc(O)c([C@@H](C(=O)C(C)C)C(=O)C(F)(F)F)c1. The molecule has 2 aromatic carbocycles. The van der Waals surface area contributed by atoms with E-state index in [0.717, 1.165) is 30.3 Å². The summed E-state index contributed by atoms with van der Waals surface area (Å²) in [7, 11) is -4.47. The topological polar surface area (TPSA) is 144 Å². The lowest BCUT2D eigenvalue weighted by molar-refractivity contribution is -0.385. The molecule has 0 aliphatic heterocycles. The number of aromatic hydroxyl groups is 1. The summed E-state index contributed by atoms with van der Waals surface area (Å²) in [6.45, 7) is 3.92. The Hall–Kier alpha value is -3.48. The van der Waals surface area contributed by atoms with Crippen LogP contribution in [0.4, 0.5) is 24.5 Å². The molecule has 1 atom stereocenters. The average molecular weight is 488 g/mol. The lowest BCUT2D eigenvalue weighted by Crippen LogP contribution is -2.35. The molecule has 0 aliphatic rings. The first-order chi connectivity index (χ1) is 15.1. The smallest absolute Gasteiger partial charge is 0.451 e. The third-order valence-corrected chi connectivity index (χ3v) is 6.18. The van der Waals surface area contributed by atoms with Crippen molar-refractivity contribution < 1.29 is 41.2 Å². The molecule has 0 spiro atoms. The summed E-state index contributed by atoms with van der Waals surface area (Å²) >= 11 is 0. The van der Waals surface area contributed by atoms with Gasteiger partial charge in [-0.1, -0.05) is 19.9 Å². The van der Waals surface area contributed by atoms with Crippen LogP contribution in [-0.2, 0) is 19.6 Å². The van der Waals surface area contributed by atoms with Gasteiger partial charge in [0.15, 0.2) is 5.78 Å². The van der Waals surface area contributed by atoms with Gasteiger partial charge in [-0.15, -0.1) is 0 Å². The predicted octanol–water partition coefficient (Wildman–Crippen LogP) is 3.85. The highest BCUT2D eigenvalue weighted by Crippen LogP contribution is 2.37. The number of phenols is 1. The Morgan fingerprint density at radius 3 is 2.24 bits per heavy atom. The molecule has 0 saturated heterocycles. The van der Waals surface area contributed by atoms with Crippen LogP contribution in [-0.4, -0.2) is 36.2 Å². The van der Waals surface area contributed by atoms with E-state index in [-0.39, 0.29) is 11.3 Å². The van der Waals surface area contributed by atoms with Crippen LogP contribution in [0.1, 0.15) is 30.9 Å². The zero-order valence-electron chi connectivity index (χ0n) is 17.5. The largest absolute Gasteiger partial charge is 0.508 e. The van der Waals surface area contributed by atoms with Gasteiger partial charge in [0.25, 0.3) is 21.5 Å². The Kier molecular flexibility index (Phi) is 7.17. The number of benzene rings is 2. The Morgan fingerprint density at radius 2 is 1.73 bits per heavy atom. The maximum Gasteiger partial charge on any atom is 0.451 e. The Labute approximate surface area is 186 Å². The number of rotatable bonds is 8. The highest BCUT2D eigenvalue weighted by molar-refractivity contribution is 7.92. The monoisotopic (exact) mass is 488 g/mol. The zero-order valence-corrected chi connectivity index (χ0v) is 18.3. The standard InChI is InChI=1S/C20H19F3N2O7S/c1-10(2)18(27)17(19(28)20(21,22)23)14-8-12(5-7-15(14)26)24-33(31,32)16-9-13(25(29)30)6-4-11(16)3/h4-10,17,24,26H,1-3H3/t17-/m0/s1. The molecule has 0 amide bonds. The van der Waals surface area contributed by atoms with Crippen LogP contribution >= 0.6 is 0 Å². The summed E-state index contributed by atoms with van der Waals surface area (Å²) < 4.78 is 67.0. The maximum atomic E-state index is 13.1. The van der Waals surface area contributed by atoms with Crippen LogP contribution < -0.4 is 4.72 Å². The Bertz CT molecular complexity index is 1220. The van der Waals surface area contributed by atoms with E-state index in [1.807, 2.05) is 4.72 Å². The highest BCUT2D eigenvalue weighted by atomic mass is 32.2. The van der Waals surface area contributed by atoms with Crippen molar-refractivity contribution in [3.63, 3.8) is 0 Å². The van der Waals surface area contributed by atoms with Crippen LogP contribution in [0.3, 0.4) is 0 Å². The molecule has 2 aromatic rings. The molecule has 0 bridgehead atoms. The third kappa shape index (κ3) is 5.66. The molecule has 0 fully saturated rings. The normalized spacial score (nSPS) is 12.9. The van der Waals surface area contributed by atoms with Gasteiger partial charge in [0, 0.05) is 29.3 Å². The minimum absolute atomic E-state index is 0.146. The second-order valence-corrected chi connectivity index (χ2v) is 9.09. The van der Waals surface area contributed by atoms with Gasteiger partial charge < -0.3 is 5.11 Å². The predicted molar refractivity (Wildman–Crippen MR) is 110 cm³/mol. The first-order valence-corrected chi connectivity index (χ1v) is 10.8. The summed E-state index contributed by atoms with van der Waals surface area (Å²) in [6, 6.07) is 5.67. The van der Waals surface area contributed by atoms with Gasteiger partial charge in [0.2, 0.25) is 0 Å².